The summed E-state index contributed by atoms with van der Waals surface area (Å²) in [5.41, 5.74) is 6.48. The Bertz CT molecular complexity index is 744. The molecule has 0 unspecified atom stereocenters. The molecule has 1 aliphatic heterocycles. The summed E-state index contributed by atoms with van der Waals surface area (Å²) in [6, 6.07) is 11.0. The van der Waals surface area contributed by atoms with Gasteiger partial charge in [-0.2, -0.15) is 13.2 Å². The fourth-order valence-corrected chi connectivity index (χ4v) is 3.24. The number of fused-ring (bicyclic) bond motifs is 1. The van der Waals surface area contributed by atoms with Gasteiger partial charge in [-0.05, 0) is 29.2 Å². The van der Waals surface area contributed by atoms with Crippen LogP contribution in [0.5, 0.6) is 0 Å². The molecule has 3 nitrogen and oxygen atoms in total. The molecular formula is C18H19F3N2O. The molecule has 0 spiro atoms. The molecule has 2 N–H and O–H groups in total. The molecule has 0 bridgehead atoms. The molecule has 2 aromatic carbocycles. The van der Waals surface area contributed by atoms with Crippen molar-refractivity contribution in [1.82, 2.24) is 4.90 Å². The largest absolute Gasteiger partial charge is 0.408 e. The first-order valence-electron chi connectivity index (χ1n) is 7.94. The summed E-state index contributed by atoms with van der Waals surface area (Å²) in [4.78, 5) is 13.4. The molecule has 1 amide bonds. The zero-order valence-electron chi connectivity index (χ0n) is 13.1. The van der Waals surface area contributed by atoms with E-state index < -0.39 is 24.2 Å². The quantitative estimate of drug-likeness (QED) is 0.915. The number of hydrogen-bond donors (Lipinski definition) is 1. The van der Waals surface area contributed by atoms with Crippen molar-refractivity contribution in [2.75, 3.05) is 6.54 Å². The molecule has 1 saturated heterocycles. The van der Waals surface area contributed by atoms with Gasteiger partial charge in [0.15, 0.2) is 0 Å². The number of hydrogen-bond acceptors (Lipinski definition) is 2. The van der Waals surface area contributed by atoms with Crippen molar-refractivity contribution in [2.45, 2.75) is 37.5 Å². The number of likely N-dealkylation sites (tertiary alicyclic amines) is 1. The Labute approximate surface area is 138 Å². The summed E-state index contributed by atoms with van der Waals surface area (Å²) in [6.07, 6.45) is -4.32. The molecule has 0 aliphatic carbocycles. The topological polar surface area (TPSA) is 46.3 Å². The van der Waals surface area contributed by atoms with Crippen LogP contribution in [0.3, 0.4) is 0 Å². The van der Waals surface area contributed by atoms with E-state index in [0.717, 1.165) is 15.7 Å². The minimum atomic E-state index is -4.42. The maximum absolute atomic E-state index is 13.2. The highest BCUT2D eigenvalue weighted by atomic mass is 19.4. The van der Waals surface area contributed by atoms with Crippen molar-refractivity contribution in [3.63, 3.8) is 0 Å². The second-order valence-corrected chi connectivity index (χ2v) is 6.30. The Kier molecular flexibility index (Phi) is 4.49. The van der Waals surface area contributed by atoms with Gasteiger partial charge in [0.05, 0.1) is 6.42 Å². The first-order chi connectivity index (χ1) is 11.3. The van der Waals surface area contributed by atoms with Gasteiger partial charge >= 0.3 is 6.18 Å². The van der Waals surface area contributed by atoms with Gasteiger partial charge in [0.2, 0.25) is 5.91 Å². The number of piperidine rings is 1. The minimum Gasteiger partial charge on any atom is -0.329 e. The number of alkyl halides is 3. The Morgan fingerprint density at radius 2 is 1.83 bits per heavy atom. The Hall–Kier alpha value is -2.08. The van der Waals surface area contributed by atoms with Crippen LogP contribution in [-0.2, 0) is 11.2 Å². The molecule has 1 aliphatic rings. The summed E-state index contributed by atoms with van der Waals surface area (Å²) in [7, 11) is 0. The third-order valence-corrected chi connectivity index (χ3v) is 4.49. The second-order valence-electron chi connectivity index (χ2n) is 6.30. The van der Waals surface area contributed by atoms with Crippen molar-refractivity contribution in [3.05, 3.63) is 48.0 Å². The van der Waals surface area contributed by atoms with Crippen LogP contribution in [0.2, 0.25) is 0 Å². The molecule has 128 valence electrons. The smallest absolute Gasteiger partial charge is 0.329 e. The van der Waals surface area contributed by atoms with E-state index in [1.165, 1.54) is 0 Å². The van der Waals surface area contributed by atoms with Gasteiger partial charge in [-0.25, -0.2) is 0 Å². The maximum Gasteiger partial charge on any atom is 0.408 e. The van der Waals surface area contributed by atoms with E-state index in [1.54, 1.807) is 6.07 Å². The van der Waals surface area contributed by atoms with Crippen molar-refractivity contribution < 1.29 is 18.0 Å². The van der Waals surface area contributed by atoms with Crippen LogP contribution in [0.15, 0.2) is 42.5 Å². The summed E-state index contributed by atoms with van der Waals surface area (Å²) in [5, 5.41) is 1.99. The normalized spacial score (nSPS) is 21.9. The number of carbonyl (C=O) groups excluding carboxylic acids is 1. The molecule has 0 aromatic heterocycles. The lowest BCUT2D eigenvalue weighted by atomic mass is 9.97. The van der Waals surface area contributed by atoms with Gasteiger partial charge in [0.1, 0.15) is 6.04 Å². The van der Waals surface area contributed by atoms with Crippen LogP contribution < -0.4 is 5.73 Å². The number of carbonyl (C=O) groups is 1. The lowest BCUT2D eigenvalue weighted by Gasteiger charge is -2.39. The SMILES string of the molecule is N[C@H]1CC[C@H](C(F)(F)F)N(C(=O)Cc2ccc3ccccc3c2)C1. The fourth-order valence-electron chi connectivity index (χ4n) is 3.24. The average molecular weight is 336 g/mol. The van der Waals surface area contributed by atoms with Crippen LogP contribution >= 0.6 is 0 Å². The zero-order valence-corrected chi connectivity index (χ0v) is 13.1. The van der Waals surface area contributed by atoms with Crippen molar-refractivity contribution in [3.8, 4) is 0 Å². The summed E-state index contributed by atoms with van der Waals surface area (Å²) < 4.78 is 39.6. The summed E-state index contributed by atoms with van der Waals surface area (Å²) in [6.45, 7) is -0.0450. The number of nitrogens with zero attached hydrogens (tertiary/aromatic N) is 1. The molecular weight excluding hydrogens is 317 g/mol. The lowest BCUT2D eigenvalue weighted by molar-refractivity contribution is -0.196. The Morgan fingerprint density at radius 1 is 1.12 bits per heavy atom. The highest BCUT2D eigenvalue weighted by Crippen LogP contribution is 2.32. The second kappa shape index (κ2) is 6.43. The maximum atomic E-state index is 13.2. The number of benzene rings is 2. The van der Waals surface area contributed by atoms with Crippen LogP contribution in [0.1, 0.15) is 18.4 Å². The lowest BCUT2D eigenvalue weighted by Crippen LogP contribution is -2.57. The number of halogens is 3. The van der Waals surface area contributed by atoms with E-state index in [2.05, 4.69) is 0 Å². The third kappa shape index (κ3) is 3.53. The van der Waals surface area contributed by atoms with Crippen molar-refractivity contribution in [2.24, 2.45) is 5.73 Å². The summed E-state index contributed by atoms with van der Waals surface area (Å²) in [5.74, 6) is -0.525. The fraction of sp³-hybridized carbons (Fsp3) is 0.389. The molecule has 1 heterocycles. The first-order valence-corrected chi connectivity index (χ1v) is 7.94. The minimum absolute atomic E-state index is 0.0450. The Morgan fingerprint density at radius 3 is 2.54 bits per heavy atom. The van der Waals surface area contributed by atoms with Crippen LogP contribution in [0.25, 0.3) is 10.8 Å². The van der Waals surface area contributed by atoms with E-state index in [1.807, 2.05) is 36.4 Å². The number of amides is 1. The van der Waals surface area contributed by atoms with Gasteiger partial charge < -0.3 is 10.6 Å². The molecule has 2 aromatic rings. The molecule has 0 radical (unpaired) electrons. The predicted molar refractivity (Wildman–Crippen MR) is 86.4 cm³/mol. The van der Waals surface area contributed by atoms with Crippen LogP contribution in [0.4, 0.5) is 13.2 Å². The van der Waals surface area contributed by atoms with Gasteiger partial charge in [0, 0.05) is 12.6 Å². The van der Waals surface area contributed by atoms with Crippen molar-refractivity contribution in [1.29, 1.82) is 0 Å². The molecule has 3 rings (SSSR count). The molecule has 1 fully saturated rings. The molecule has 6 heteroatoms. The number of rotatable bonds is 2. The molecule has 24 heavy (non-hydrogen) atoms. The standard InChI is InChI=1S/C18H19F3N2O/c19-18(20,21)16-8-7-15(22)11-23(16)17(24)10-12-5-6-13-3-1-2-4-14(13)9-12/h1-6,9,15-16H,7-8,10-11,22H2/t15-,16+/m0/s1. The van der Waals surface area contributed by atoms with E-state index in [4.69, 9.17) is 5.73 Å². The monoisotopic (exact) mass is 336 g/mol. The van der Waals surface area contributed by atoms with Gasteiger partial charge in [0.25, 0.3) is 0 Å². The van der Waals surface area contributed by atoms with Gasteiger partial charge in [-0.1, -0.05) is 42.5 Å². The van der Waals surface area contributed by atoms with E-state index >= 15 is 0 Å². The molecule has 0 saturated carbocycles. The summed E-state index contributed by atoms with van der Waals surface area (Å²) >= 11 is 0. The highest BCUT2D eigenvalue weighted by molar-refractivity contribution is 5.85. The van der Waals surface area contributed by atoms with Crippen LogP contribution in [-0.4, -0.2) is 35.6 Å². The average Bonchev–Trinajstić information content (AvgIpc) is 2.53. The van der Waals surface area contributed by atoms with Crippen molar-refractivity contribution >= 4 is 16.7 Å². The van der Waals surface area contributed by atoms with Gasteiger partial charge in [-0.3, -0.25) is 4.79 Å². The third-order valence-electron chi connectivity index (χ3n) is 4.49. The zero-order chi connectivity index (χ0) is 17.3. The van der Waals surface area contributed by atoms with Gasteiger partial charge in [-0.15, -0.1) is 0 Å². The van der Waals surface area contributed by atoms with Crippen LogP contribution in [0, 0.1) is 0 Å². The first kappa shape index (κ1) is 16.8. The number of nitrogens with two attached hydrogens (primary N) is 1. The van der Waals surface area contributed by atoms with E-state index in [-0.39, 0.29) is 25.8 Å². The Balaban J connectivity index is 1.80. The predicted octanol–water partition coefficient (Wildman–Crippen LogP) is 3.26. The van der Waals surface area contributed by atoms with E-state index in [0.29, 0.717) is 5.56 Å². The molecule has 2 atom stereocenters. The highest BCUT2D eigenvalue weighted by Gasteiger charge is 2.47. The van der Waals surface area contributed by atoms with E-state index in [9.17, 15) is 18.0 Å².